The molecule has 0 aromatic rings. The second-order valence-corrected chi connectivity index (χ2v) is 3.13. The number of allylic oxidation sites excluding steroid dienone is 1. The maximum atomic E-state index is 12.9. The van der Waals surface area contributed by atoms with Gasteiger partial charge in [-0.15, -0.1) is 0 Å². The lowest BCUT2D eigenvalue weighted by molar-refractivity contribution is -0.138. The lowest BCUT2D eigenvalue weighted by atomic mass is 10.1. The topological polar surface area (TPSA) is 102 Å². The summed E-state index contributed by atoms with van der Waals surface area (Å²) in [7, 11) is 0. The minimum atomic E-state index is -1.08. The quantitative estimate of drug-likeness (QED) is 0.357. The SMILES string of the molecule is CC(N)=NC/C(F)=C/CC[C@H](N)C(=O)O.[Cl-]. The summed E-state index contributed by atoms with van der Waals surface area (Å²) in [6, 6.07) is -0.950. The van der Waals surface area contributed by atoms with E-state index in [2.05, 4.69) is 4.99 Å². The number of hydrogen-bond donors (Lipinski definition) is 3. The van der Waals surface area contributed by atoms with Crippen LogP contribution in [0.3, 0.4) is 0 Å². The zero-order chi connectivity index (χ0) is 11.8. The molecule has 0 aromatic carbocycles. The monoisotopic (exact) mass is 252 g/mol. The summed E-state index contributed by atoms with van der Waals surface area (Å²) in [5.41, 5.74) is 10.4. The van der Waals surface area contributed by atoms with Crippen molar-refractivity contribution < 1.29 is 26.7 Å². The van der Waals surface area contributed by atoms with Gasteiger partial charge in [-0.2, -0.15) is 0 Å². The van der Waals surface area contributed by atoms with Crippen molar-refractivity contribution in [2.75, 3.05) is 6.54 Å². The number of carboxylic acids is 1. The highest BCUT2D eigenvalue weighted by atomic mass is 35.5. The largest absolute Gasteiger partial charge is 1.00 e. The molecule has 7 heteroatoms. The molecule has 0 aromatic heterocycles. The van der Waals surface area contributed by atoms with E-state index in [0.717, 1.165) is 0 Å². The number of amidine groups is 1. The van der Waals surface area contributed by atoms with Gasteiger partial charge in [0, 0.05) is 0 Å². The van der Waals surface area contributed by atoms with E-state index in [9.17, 15) is 9.18 Å². The van der Waals surface area contributed by atoms with Gasteiger partial charge in [0.2, 0.25) is 0 Å². The van der Waals surface area contributed by atoms with E-state index in [1.165, 1.54) is 6.08 Å². The van der Waals surface area contributed by atoms with Gasteiger partial charge in [0.05, 0.1) is 12.4 Å². The lowest BCUT2D eigenvalue weighted by Crippen LogP contribution is -3.00. The van der Waals surface area contributed by atoms with E-state index >= 15 is 0 Å². The molecule has 0 aliphatic heterocycles. The van der Waals surface area contributed by atoms with E-state index < -0.39 is 17.8 Å². The van der Waals surface area contributed by atoms with Crippen LogP contribution in [0.2, 0.25) is 0 Å². The highest BCUT2D eigenvalue weighted by molar-refractivity contribution is 5.77. The molecule has 1 atom stereocenters. The Hall–Kier alpha value is -1.14. The summed E-state index contributed by atoms with van der Waals surface area (Å²) in [6.07, 6.45) is 1.75. The van der Waals surface area contributed by atoms with Gasteiger partial charge in [0.15, 0.2) is 0 Å². The Morgan fingerprint density at radius 2 is 2.19 bits per heavy atom. The molecule has 0 aliphatic rings. The first-order valence-corrected chi connectivity index (χ1v) is 4.53. The van der Waals surface area contributed by atoms with Crippen LogP contribution in [0.4, 0.5) is 4.39 Å². The molecule has 94 valence electrons. The van der Waals surface area contributed by atoms with Crippen molar-refractivity contribution in [2.45, 2.75) is 25.8 Å². The Balaban J connectivity index is 0. The van der Waals surface area contributed by atoms with Gasteiger partial charge in [-0.05, 0) is 19.8 Å². The van der Waals surface area contributed by atoms with Gasteiger partial charge in [0.1, 0.15) is 11.9 Å². The highest BCUT2D eigenvalue weighted by Crippen LogP contribution is 2.03. The van der Waals surface area contributed by atoms with Crippen LogP contribution in [-0.4, -0.2) is 29.5 Å². The summed E-state index contributed by atoms with van der Waals surface area (Å²) in [5, 5.41) is 8.45. The predicted octanol–water partition coefficient (Wildman–Crippen LogP) is -2.59. The molecule has 0 saturated heterocycles. The number of nitrogens with zero attached hydrogens (tertiary/aromatic N) is 1. The fourth-order valence-corrected chi connectivity index (χ4v) is 0.808. The molecular formula is C9H16ClFN3O2-. The van der Waals surface area contributed by atoms with Gasteiger partial charge in [-0.3, -0.25) is 9.79 Å². The van der Waals surface area contributed by atoms with Gasteiger partial charge in [-0.1, -0.05) is 6.08 Å². The second-order valence-electron chi connectivity index (χ2n) is 3.13. The number of nitrogens with two attached hydrogens (primary N) is 2. The number of carboxylic acid groups (broad SMARTS) is 1. The molecule has 0 rings (SSSR count). The van der Waals surface area contributed by atoms with Crippen molar-refractivity contribution >= 4 is 11.8 Å². The first kappa shape index (κ1) is 17.3. The number of hydrogen-bond acceptors (Lipinski definition) is 3. The van der Waals surface area contributed by atoms with Crippen molar-refractivity contribution in [1.29, 1.82) is 0 Å². The molecule has 0 radical (unpaired) electrons. The third-order valence-electron chi connectivity index (χ3n) is 1.64. The van der Waals surface area contributed by atoms with Crippen LogP contribution in [0, 0.1) is 0 Å². The summed E-state index contributed by atoms with van der Waals surface area (Å²) < 4.78 is 12.9. The number of halogens is 2. The molecule has 0 saturated carbocycles. The van der Waals surface area contributed by atoms with Crippen molar-refractivity contribution in [2.24, 2.45) is 16.5 Å². The summed E-state index contributed by atoms with van der Waals surface area (Å²) >= 11 is 0. The van der Waals surface area contributed by atoms with Crippen LogP contribution in [0.1, 0.15) is 19.8 Å². The smallest absolute Gasteiger partial charge is 0.320 e. The fraction of sp³-hybridized carbons (Fsp3) is 0.556. The zero-order valence-corrected chi connectivity index (χ0v) is 9.75. The average Bonchev–Trinajstić information content (AvgIpc) is 2.14. The van der Waals surface area contributed by atoms with E-state index in [1.54, 1.807) is 6.92 Å². The molecular weight excluding hydrogens is 237 g/mol. The third kappa shape index (κ3) is 9.42. The van der Waals surface area contributed by atoms with Crippen LogP contribution in [0.15, 0.2) is 16.9 Å². The van der Waals surface area contributed by atoms with E-state index in [4.69, 9.17) is 16.6 Å². The molecule has 0 amide bonds. The van der Waals surface area contributed by atoms with Gasteiger partial charge in [-0.25, -0.2) is 4.39 Å². The summed E-state index contributed by atoms with van der Waals surface area (Å²) in [6.45, 7) is 1.46. The van der Waals surface area contributed by atoms with Crippen LogP contribution in [0.5, 0.6) is 0 Å². The van der Waals surface area contributed by atoms with E-state index in [1.807, 2.05) is 0 Å². The molecule has 16 heavy (non-hydrogen) atoms. The standard InChI is InChI=1S/C9H16FN3O2.ClH/c1-6(11)13-5-7(10)3-2-4-8(12)9(14)15;/h3,8H,2,4-5,12H2,1H3,(H2,11,13)(H,14,15);1H/p-1/b7-3-;/t8-;/m0./s1. The van der Waals surface area contributed by atoms with Gasteiger partial charge in [0.25, 0.3) is 0 Å². The van der Waals surface area contributed by atoms with Crippen LogP contribution in [0.25, 0.3) is 0 Å². The van der Waals surface area contributed by atoms with E-state index in [-0.39, 0.29) is 31.8 Å². The molecule has 0 unspecified atom stereocenters. The van der Waals surface area contributed by atoms with Crippen molar-refractivity contribution in [3.8, 4) is 0 Å². The van der Waals surface area contributed by atoms with Crippen LogP contribution < -0.4 is 23.9 Å². The molecule has 0 heterocycles. The fourth-order valence-electron chi connectivity index (χ4n) is 0.808. The maximum Gasteiger partial charge on any atom is 0.320 e. The zero-order valence-electron chi connectivity index (χ0n) is 8.99. The Labute approximate surface area is 99.8 Å². The number of carbonyl (C=O) groups is 1. The van der Waals surface area contributed by atoms with Crippen molar-refractivity contribution in [3.63, 3.8) is 0 Å². The average molecular weight is 253 g/mol. The highest BCUT2D eigenvalue weighted by Gasteiger charge is 2.09. The van der Waals surface area contributed by atoms with Gasteiger partial charge >= 0.3 is 5.97 Å². The van der Waals surface area contributed by atoms with Crippen LogP contribution in [-0.2, 0) is 4.79 Å². The van der Waals surface area contributed by atoms with E-state index in [0.29, 0.717) is 5.84 Å². The minimum absolute atomic E-state index is 0. The maximum absolute atomic E-state index is 12.9. The molecule has 0 aliphatic carbocycles. The Kier molecular flexibility index (Phi) is 9.83. The Morgan fingerprint density at radius 3 is 2.62 bits per heavy atom. The molecule has 0 bridgehead atoms. The lowest BCUT2D eigenvalue weighted by Gasteiger charge is -2.02. The third-order valence-corrected chi connectivity index (χ3v) is 1.64. The summed E-state index contributed by atoms with van der Waals surface area (Å²) in [4.78, 5) is 14.0. The molecule has 0 fully saturated rings. The predicted molar refractivity (Wildman–Crippen MR) is 56.2 cm³/mol. The first-order valence-electron chi connectivity index (χ1n) is 4.53. The first-order chi connectivity index (χ1) is 6.93. The second kappa shape index (κ2) is 9.11. The Bertz CT molecular complexity index is 278. The summed E-state index contributed by atoms with van der Waals surface area (Å²) in [5.74, 6) is -1.21. The number of aliphatic imine (C=N–C) groups is 1. The molecule has 5 N–H and O–H groups in total. The van der Waals surface area contributed by atoms with Crippen molar-refractivity contribution in [3.05, 3.63) is 11.9 Å². The van der Waals surface area contributed by atoms with Crippen molar-refractivity contribution in [1.82, 2.24) is 0 Å². The molecule has 0 spiro atoms. The number of rotatable bonds is 6. The molecule has 5 nitrogen and oxygen atoms in total. The van der Waals surface area contributed by atoms with Gasteiger partial charge < -0.3 is 29.0 Å². The normalized spacial score (nSPS) is 14.2. The minimum Gasteiger partial charge on any atom is -1.00 e. The number of aliphatic carboxylic acids is 1. The Morgan fingerprint density at radius 1 is 1.62 bits per heavy atom. The van der Waals surface area contributed by atoms with Crippen LogP contribution >= 0.6 is 0 Å².